The molecule has 0 radical (unpaired) electrons. The van der Waals surface area contributed by atoms with Gasteiger partial charge in [-0.1, -0.05) is 26.0 Å². The Kier molecular flexibility index (Phi) is 11.6. The summed E-state index contributed by atoms with van der Waals surface area (Å²) in [5, 5.41) is 0.939. The number of pyridine rings is 1. The van der Waals surface area contributed by atoms with Gasteiger partial charge in [-0.05, 0) is 101 Å². The lowest BCUT2D eigenvalue weighted by Crippen LogP contribution is -2.48. The number of carbonyl (C=O) groups excluding carboxylic acids is 4. The number of hydrogen-bond donors (Lipinski definition) is 1. The van der Waals surface area contributed by atoms with Crippen LogP contribution in [-0.2, 0) is 33.9 Å². The molecule has 1 N–H and O–H groups in total. The van der Waals surface area contributed by atoms with E-state index in [0.717, 1.165) is 6.42 Å². The number of hydrogen-bond acceptors (Lipinski definition) is 10. The summed E-state index contributed by atoms with van der Waals surface area (Å²) in [7, 11) is -2.95. The highest BCUT2D eigenvalue weighted by Gasteiger charge is 2.63. The number of amides is 2. The van der Waals surface area contributed by atoms with Gasteiger partial charge in [0.15, 0.2) is 5.78 Å². The van der Waals surface area contributed by atoms with E-state index in [2.05, 4.69) is 16.6 Å². The van der Waals surface area contributed by atoms with E-state index in [-0.39, 0.29) is 68.7 Å². The molecule has 1 aromatic carbocycles. The van der Waals surface area contributed by atoms with Crippen molar-refractivity contribution in [2.24, 2.45) is 29.1 Å². The number of rotatable bonds is 9. The lowest BCUT2D eigenvalue weighted by atomic mass is 9.82. The van der Waals surface area contributed by atoms with E-state index < -0.39 is 85.8 Å². The molecule has 2 saturated carbocycles. The number of alkyl halides is 1. The molecule has 4 aliphatic rings. The molecule has 0 bridgehead atoms. The fourth-order valence-electron chi connectivity index (χ4n) is 8.33. The minimum absolute atomic E-state index is 0.00242. The fourth-order valence-corrected chi connectivity index (χ4v) is 9.77. The Balaban J connectivity index is 1.36. The summed E-state index contributed by atoms with van der Waals surface area (Å²) >= 11 is 0. The third-order valence-electron chi connectivity index (χ3n) is 11.8. The van der Waals surface area contributed by atoms with E-state index in [1.165, 1.54) is 30.2 Å². The molecule has 3 fully saturated rings. The minimum Gasteiger partial charge on any atom is -0.481 e. The number of halogens is 2. The molecule has 306 valence electrons. The molecule has 12 nitrogen and oxygen atoms in total. The van der Waals surface area contributed by atoms with Crippen LogP contribution in [0, 0.1) is 34.9 Å². The summed E-state index contributed by atoms with van der Waals surface area (Å²) in [6.45, 7) is 8.03. The highest BCUT2D eigenvalue weighted by molar-refractivity contribution is 7.91. The molecular formula is C41H53F2N3O9S. The van der Waals surface area contributed by atoms with Gasteiger partial charge in [0, 0.05) is 24.3 Å². The summed E-state index contributed by atoms with van der Waals surface area (Å²) in [6, 6.07) is 4.55. The van der Waals surface area contributed by atoms with Crippen LogP contribution in [-0.4, -0.2) is 84.7 Å². The number of benzene rings is 1. The highest BCUT2D eigenvalue weighted by atomic mass is 32.2. The average molecular weight is 802 g/mol. The normalized spacial score (nSPS) is 30.0. The average Bonchev–Trinajstić information content (AvgIpc) is 4.02. The SMILES string of the molecule is COc1cc2cc(F)ccc2c(O[C@@H]2C[C@H]3C(=O)C[C@]4(C(=O)NS(=O)(=O)C5(CF)CC5)C[C@H]4/C=C\CC[C@H](C)C[C@@H](C)[C@H](CC(=O)OC(C)(C)C)C(=O)N3C2)n1. The number of nitrogens with one attached hydrogen (secondary N) is 1. The zero-order chi connectivity index (χ0) is 40.8. The van der Waals surface area contributed by atoms with Crippen molar-refractivity contribution in [2.75, 3.05) is 20.3 Å². The number of sulfonamides is 1. The van der Waals surface area contributed by atoms with Crippen LogP contribution in [0.15, 0.2) is 36.4 Å². The first-order chi connectivity index (χ1) is 26.3. The van der Waals surface area contributed by atoms with E-state index in [1.807, 2.05) is 19.1 Å². The van der Waals surface area contributed by atoms with Gasteiger partial charge in [-0.25, -0.2) is 17.2 Å². The van der Waals surface area contributed by atoms with Crippen LogP contribution in [0.25, 0.3) is 10.8 Å². The van der Waals surface area contributed by atoms with Crippen molar-refractivity contribution in [3.8, 4) is 11.8 Å². The molecule has 2 aliphatic carbocycles. The summed E-state index contributed by atoms with van der Waals surface area (Å²) in [6.07, 6.45) is 4.79. The predicted molar refractivity (Wildman–Crippen MR) is 203 cm³/mol. The number of nitrogens with zero attached hydrogens (tertiary/aromatic N) is 2. The van der Waals surface area contributed by atoms with Crippen LogP contribution >= 0.6 is 0 Å². The predicted octanol–water partition coefficient (Wildman–Crippen LogP) is 6.00. The standard InChI is InChI=1S/C41H53F2N3O9S/c1-24-9-7-8-10-27-20-41(27,38(50)45-56(51,52)40(23-42)13-14-40)21-33(47)32-18-29(54-36-30-12-11-28(43)16-26(30)17-34(44-36)53-6)22-46(32)37(49)31(25(2)15-24)19-35(48)55-39(3,4)5/h8,10-12,16-17,24-25,27,29,31-32H,7,9,13-15,18-23H2,1-6H3,(H,45,50)/b10-8-/t24-,25+,27+,29+,31-,32-,41+/m0/s1. The van der Waals surface area contributed by atoms with Gasteiger partial charge in [-0.2, -0.15) is 4.98 Å². The second kappa shape index (κ2) is 15.7. The molecule has 2 aliphatic heterocycles. The molecule has 7 atom stereocenters. The van der Waals surface area contributed by atoms with Gasteiger partial charge in [-0.3, -0.25) is 23.9 Å². The summed E-state index contributed by atoms with van der Waals surface area (Å²) in [4.78, 5) is 62.6. The zero-order valence-corrected chi connectivity index (χ0v) is 33.8. The van der Waals surface area contributed by atoms with Gasteiger partial charge in [0.05, 0.1) is 37.5 Å². The van der Waals surface area contributed by atoms with Crippen LogP contribution in [0.3, 0.4) is 0 Å². The number of carbonyl (C=O) groups is 4. The first-order valence-electron chi connectivity index (χ1n) is 19.5. The van der Waals surface area contributed by atoms with E-state index in [9.17, 15) is 36.4 Å². The maximum absolute atomic E-state index is 14.8. The third kappa shape index (κ3) is 8.72. The van der Waals surface area contributed by atoms with Crippen molar-refractivity contribution in [1.82, 2.24) is 14.6 Å². The molecule has 1 saturated heterocycles. The molecule has 0 spiro atoms. The maximum atomic E-state index is 14.8. The Hall–Kier alpha value is -4.14. The molecule has 15 heteroatoms. The number of allylic oxidation sites excluding steroid dienone is 2. The number of fused-ring (bicyclic) bond motifs is 3. The van der Waals surface area contributed by atoms with E-state index in [0.29, 0.717) is 23.6 Å². The van der Waals surface area contributed by atoms with Gasteiger partial charge in [0.25, 0.3) is 0 Å². The van der Waals surface area contributed by atoms with Crippen LogP contribution < -0.4 is 14.2 Å². The monoisotopic (exact) mass is 801 g/mol. The number of Topliss-reactive ketones (excluding diaryl/α,β-unsaturated/α-hetero) is 1. The van der Waals surface area contributed by atoms with Gasteiger partial charge in [0.1, 0.15) is 28.9 Å². The van der Waals surface area contributed by atoms with Crippen LogP contribution in [0.2, 0.25) is 0 Å². The first kappa shape index (κ1) is 41.5. The second-order valence-corrected chi connectivity index (χ2v) is 19.5. The number of methoxy groups -OCH3 is 1. The minimum atomic E-state index is -4.36. The van der Waals surface area contributed by atoms with Crippen molar-refractivity contribution in [2.45, 2.75) is 115 Å². The third-order valence-corrected chi connectivity index (χ3v) is 14.0. The number of ether oxygens (including phenoxy) is 3. The smallest absolute Gasteiger partial charge is 0.307 e. The van der Waals surface area contributed by atoms with Crippen molar-refractivity contribution in [3.05, 3.63) is 42.2 Å². The molecule has 1 aromatic heterocycles. The van der Waals surface area contributed by atoms with Crippen molar-refractivity contribution in [3.63, 3.8) is 0 Å². The number of esters is 1. The molecule has 2 aromatic rings. The number of aromatic nitrogens is 1. The van der Waals surface area contributed by atoms with Gasteiger partial charge in [0.2, 0.25) is 33.6 Å². The Morgan fingerprint density at radius 2 is 1.84 bits per heavy atom. The van der Waals surface area contributed by atoms with E-state index in [4.69, 9.17) is 14.2 Å². The Bertz CT molecular complexity index is 2010. The first-order valence-corrected chi connectivity index (χ1v) is 20.9. The van der Waals surface area contributed by atoms with E-state index >= 15 is 0 Å². The lowest BCUT2D eigenvalue weighted by Gasteiger charge is -2.32. The van der Waals surface area contributed by atoms with E-state index in [1.54, 1.807) is 26.8 Å². The van der Waals surface area contributed by atoms with Crippen LogP contribution in [0.1, 0.15) is 92.4 Å². The van der Waals surface area contributed by atoms with Gasteiger partial charge < -0.3 is 19.1 Å². The summed E-state index contributed by atoms with van der Waals surface area (Å²) < 4.78 is 72.4. The maximum Gasteiger partial charge on any atom is 0.307 e. The quantitative estimate of drug-likeness (QED) is 0.236. The summed E-state index contributed by atoms with van der Waals surface area (Å²) in [5.74, 6) is -3.98. The van der Waals surface area contributed by atoms with Crippen molar-refractivity contribution in [1.29, 1.82) is 0 Å². The second-order valence-electron chi connectivity index (χ2n) is 17.4. The van der Waals surface area contributed by atoms with Gasteiger partial charge >= 0.3 is 5.97 Å². The molecule has 3 heterocycles. The topological polar surface area (TPSA) is 158 Å². The molecule has 0 unspecified atom stereocenters. The van der Waals surface area contributed by atoms with Crippen molar-refractivity contribution < 1.29 is 50.6 Å². The molecule has 2 amide bonds. The fraction of sp³-hybridized carbons (Fsp3) is 0.634. The highest BCUT2D eigenvalue weighted by Crippen LogP contribution is 2.58. The molecule has 56 heavy (non-hydrogen) atoms. The Morgan fingerprint density at radius 1 is 1.11 bits per heavy atom. The Labute approximate surface area is 327 Å². The lowest BCUT2D eigenvalue weighted by molar-refractivity contribution is -0.160. The van der Waals surface area contributed by atoms with Crippen molar-refractivity contribution >= 4 is 44.4 Å². The molecular weight excluding hydrogens is 749 g/mol. The van der Waals surface area contributed by atoms with Crippen LogP contribution in [0.4, 0.5) is 8.78 Å². The Morgan fingerprint density at radius 3 is 2.50 bits per heavy atom. The van der Waals surface area contributed by atoms with Gasteiger partial charge in [-0.15, -0.1) is 0 Å². The van der Waals surface area contributed by atoms with Crippen LogP contribution in [0.5, 0.6) is 11.8 Å². The zero-order valence-electron chi connectivity index (χ0n) is 32.9. The molecule has 6 rings (SSSR count). The number of ketones is 1. The largest absolute Gasteiger partial charge is 0.481 e. The summed E-state index contributed by atoms with van der Waals surface area (Å²) in [5.41, 5.74) is -2.22.